The molecule has 1 unspecified atom stereocenters. The molecule has 2 rings (SSSR count). The molecule has 1 aliphatic heterocycles. The Kier molecular flexibility index (Phi) is 20.7. The Hall–Kier alpha value is -3.64. The molecule has 0 aromatic heterocycles. The summed E-state index contributed by atoms with van der Waals surface area (Å²) in [6.07, 6.45) is 0.560. The molecule has 1 heterocycles. The molecular formula is C41H70N6O10S. The number of hydrogen-bond acceptors (Lipinski definition) is 10. The highest BCUT2D eigenvalue weighted by Crippen LogP contribution is 2.30. The number of nitrogens with zero attached hydrogens (tertiary/aromatic N) is 2. The van der Waals surface area contributed by atoms with Gasteiger partial charge in [-0.3, -0.25) is 28.5 Å². The molecular weight excluding hydrogens is 769 g/mol. The second kappa shape index (κ2) is 23.8. The highest BCUT2D eigenvalue weighted by atomic mass is 32.2. The average Bonchev–Trinajstić information content (AvgIpc) is 3.65. The van der Waals surface area contributed by atoms with Gasteiger partial charge in [-0.25, -0.2) is 0 Å². The minimum atomic E-state index is -4.31. The highest BCUT2D eigenvalue weighted by molar-refractivity contribution is 7.85. The lowest BCUT2D eigenvalue weighted by Crippen LogP contribution is -2.59. The average molecular weight is 839 g/mol. The molecule has 17 heteroatoms. The third-order valence-electron chi connectivity index (χ3n) is 11.3. The van der Waals surface area contributed by atoms with E-state index in [0.29, 0.717) is 25.8 Å². The minimum Gasteiger partial charge on any atom is -0.379 e. The van der Waals surface area contributed by atoms with Gasteiger partial charge in [0.2, 0.25) is 29.5 Å². The van der Waals surface area contributed by atoms with Gasteiger partial charge in [0.05, 0.1) is 48.4 Å². The number of likely N-dealkylation sites (N-methyl/N-ethyl adjacent to an activating group) is 2. The van der Waals surface area contributed by atoms with Crippen molar-refractivity contribution in [2.24, 2.45) is 23.7 Å². The Morgan fingerprint density at radius 1 is 0.914 bits per heavy atom. The topological polar surface area (TPSA) is 213 Å². The fourth-order valence-corrected chi connectivity index (χ4v) is 8.20. The second-order valence-corrected chi connectivity index (χ2v) is 17.7. The molecule has 0 bridgehead atoms. The van der Waals surface area contributed by atoms with Crippen molar-refractivity contribution in [3.63, 3.8) is 0 Å². The van der Waals surface area contributed by atoms with E-state index in [1.54, 1.807) is 55.1 Å². The molecule has 1 saturated heterocycles. The molecule has 1 aromatic rings. The quantitative estimate of drug-likeness (QED) is 0.0951. The molecule has 0 aliphatic carbocycles. The first-order valence-corrected chi connectivity index (χ1v) is 22.0. The van der Waals surface area contributed by atoms with Gasteiger partial charge in [-0.2, -0.15) is 8.42 Å². The maximum Gasteiger partial charge on any atom is 0.266 e. The van der Waals surface area contributed by atoms with E-state index < -0.39 is 76.0 Å². The number of carbonyl (C=O) groups excluding carboxylic acids is 5. The number of benzene rings is 1. The van der Waals surface area contributed by atoms with Crippen LogP contribution in [0.5, 0.6) is 0 Å². The van der Waals surface area contributed by atoms with Crippen LogP contribution in [0.4, 0.5) is 0 Å². The predicted octanol–water partition coefficient (Wildman–Crippen LogP) is 2.02. The standard InChI is InChI=1S/C41H70N6O10S/c1-12-27(6)36(46(9)41(52)35(26(4)5)45-40(51)34(42-8)25(2)3)32(56-10)24-33(48)47-21-16-19-31(47)37(57-11)28(7)38(49)44-30(23-29-17-14-13-15-18-29)39(50)43-20-22-58(53,54)55/h13-15,17-18,25-28,30-32,34-37,42H,12,16,19-24H2,1-11H3,(H,43,50)(H,44,49)(H,45,51)(H,53,54,55)/t27-,28+,30-,31-,32+,34-,35-,36-,37?/m0/s1. The van der Waals surface area contributed by atoms with Crippen molar-refractivity contribution in [1.29, 1.82) is 0 Å². The van der Waals surface area contributed by atoms with E-state index in [-0.39, 0.29) is 54.9 Å². The summed E-state index contributed by atoms with van der Waals surface area (Å²) in [5, 5.41) is 11.3. The number of likely N-dealkylation sites (tertiary alicyclic amines) is 1. The largest absolute Gasteiger partial charge is 0.379 e. The van der Waals surface area contributed by atoms with Crippen LogP contribution >= 0.6 is 0 Å². The zero-order valence-electron chi connectivity index (χ0n) is 36.3. The monoisotopic (exact) mass is 838 g/mol. The molecule has 58 heavy (non-hydrogen) atoms. The van der Waals surface area contributed by atoms with Gasteiger partial charge < -0.3 is 40.5 Å². The molecule has 0 spiro atoms. The van der Waals surface area contributed by atoms with Crippen LogP contribution in [0.2, 0.25) is 0 Å². The molecule has 16 nitrogen and oxygen atoms in total. The van der Waals surface area contributed by atoms with Crippen molar-refractivity contribution < 1.29 is 46.4 Å². The first kappa shape index (κ1) is 50.5. The number of rotatable bonds is 24. The lowest BCUT2D eigenvalue weighted by atomic mass is 9.89. The molecule has 5 N–H and O–H groups in total. The van der Waals surface area contributed by atoms with Gasteiger partial charge in [0, 0.05) is 40.8 Å². The van der Waals surface area contributed by atoms with Crippen LogP contribution in [0.3, 0.4) is 0 Å². The van der Waals surface area contributed by atoms with E-state index in [2.05, 4.69) is 21.3 Å². The molecule has 0 radical (unpaired) electrons. The van der Waals surface area contributed by atoms with Crippen LogP contribution in [0.25, 0.3) is 0 Å². The number of amides is 5. The van der Waals surface area contributed by atoms with Crippen LogP contribution in [-0.2, 0) is 50.0 Å². The zero-order chi connectivity index (χ0) is 43.9. The van der Waals surface area contributed by atoms with E-state index in [0.717, 1.165) is 5.56 Å². The lowest BCUT2D eigenvalue weighted by Gasteiger charge is -2.41. The number of methoxy groups -OCH3 is 2. The zero-order valence-corrected chi connectivity index (χ0v) is 37.1. The van der Waals surface area contributed by atoms with Gasteiger partial charge in [-0.05, 0) is 43.2 Å². The molecule has 1 aromatic carbocycles. The third-order valence-corrected chi connectivity index (χ3v) is 12.0. The van der Waals surface area contributed by atoms with Crippen molar-refractivity contribution in [2.75, 3.05) is 47.2 Å². The smallest absolute Gasteiger partial charge is 0.266 e. The molecule has 1 aliphatic rings. The van der Waals surface area contributed by atoms with Crippen LogP contribution in [0.15, 0.2) is 30.3 Å². The maximum absolute atomic E-state index is 14.3. The van der Waals surface area contributed by atoms with Crippen molar-refractivity contribution in [1.82, 2.24) is 31.1 Å². The first-order valence-electron chi connectivity index (χ1n) is 20.4. The van der Waals surface area contributed by atoms with Crippen LogP contribution in [0.1, 0.15) is 79.7 Å². The summed E-state index contributed by atoms with van der Waals surface area (Å²) in [5.41, 5.74) is 0.759. The minimum absolute atomic E-state index is 0.00250. The normalized spacial score (nSPS) is 18.7. The summed E-state index contributed by atoms with van der Waals surface area (Å²) < 4.78 is 43.5. The molecule has 1 fully saturated rings. The highest BCUT2D eigenvalue weighted by Gasteiger charge is 2.43. The lowest BCUT2D eigenvalue weighted by molar-refractivity contribution is -0.148. The summed E-state index contributed by atoms with van der Waals surface area (Å²) in [4.78, 5) is 72.0. The number of ether oxygens (including phenoxy) is 2. The van der Waals surface area contributed by atoms with Crippen molar-refractivity contribution in [2.45, 2.75) is 123 Å². The number of nitrogens with one attached hydrogen (secondary N) is 4. The van der Waals surface area contributed by atoms with Crippen LogP contribution < -0.4 is 21.3 Å². The van der Waals surface area contributed by atoms with E-state index in [4.69, 9.17) is 14.0 Å². The van der Waals surface area contributed by atoms with Gasteiger partial charge >= 0.3 is 0 Å². The van der Waals surface area contributed by atoms with Gasteiger partial charge in [0.1, 0.15) is 12.1 Å². The fraction of sp³-hybridized carbons (Fsp3) is 0.732. The van der Waals surface area contributed by atoms with Crippen LogP contribution in [0, 0.1) is 23.7 Å². The SMILES string of the molecule is CC[C@H](C)[C@@H]([C@@H](CC(=O)N1CCC[C@H]1C(OC)[C@@H](C)C(=O)N[C@@H](Cc1ccccc1)C(=O)NCCS(=O)(=O)O)OC)N(C)C(=O)[C@@H](NC(=O)[C@@H](NC)C(C)C)C(C)C. The van der Waals surface area contributed by atoms with Crippen molar-refractivity contribution >= 4 is 39.7 Å². The van der Waals surface area contributed by atoms with Crippen molar-refractivity contribution in [3.05, 3.63) is 35.9 Å². The van der Waals surface area contributed by atoms with Gasteiger partial charge in [0.15, 0.2) is 0 Å². The summed E-state index contributed by atoms with van der Waals surface area (Å²) in [5.74, 6) is -3.67. The molecule has 9 atom stereocenters. The molecule has 0 saturated carbocycles. The Morgan fingerprint density at radius 2 is 1.53 bits per heavy atom. The van der Waals surface area contributed by atoms with E-state index in [1.165, 1.54) is 14.2 Å². The Morgan fingerprint density at radius 3 is 2.05 bits per heavy atom. The van der Waals surface area contributed by atoms with Gasteiger partial charge in [-0.15, -0.1) is 0 Å². The number of hydrogen-bond donors (Lipinski definition) is 5. The van der Waals surface area contributed by atoms with Gasteiger partial charge in [0.25, 0.3) is 10.1 Å². The Balaban J connectivity index is 2.30. The fourth-order valence-electron chi connectivity index (χ4n) is 7.84. The Labute approximate surface area is 346 Å². The van der Waals surface area contributed by atoms with E-state index in [9.17, 15) is 32.4 Å². The first-order chi connectivity index (χ1) is 27.2. The Bertz CT molecular complexity index is 1600. The number of carbonyl (C=O) groups is 5. The summed E-state index contributed by atoms with van der Waals surface area (Å²) in [6.45, 7) is 13.4. The van der Waals surface area contributed by atoms with Gasteiger partial charge in [-0.1, -0.05) is 85.2 Å². The molecule has 5 amide bonds. The maximum atomic E-state index is 14.3. The van der Waals surface area contributed by atoms with E-state index >= 15 is 0 Å². The molecule has 330 valence electrons. The summed E-state index contributed by atoms with van der Waals surface area (Å²) >= 11 is 0. The summed E-state index contributed by atoms with van der Waals surface area (Å²) in [7, 11) is 2.08. The third kappa shape index (κ3) is 14.6. The van der Waals surface area contributed by atoms with Crippen LogP contribution in [-0.4, -0.2) is 142 Å². The predicted molar refractivity (Wildman–Crippen MR) is 222 cm³/mol. The van der Waals surface area contributed by atoms with E-state index in [1.807, 2.05) is 47.6 Å². The van der Waals surface area contributed by atoms with Crippen molar-refractivity contribution in [3.8, 4) is 0 Å². The summed E-state index contributed by atoms with van der Waals surface area (Å²) in [6, 6.07) is 5.67. The second-order valence-electron chi connectivity index (χ2n) is 16.2.